The summed E-state index contributed by atoms with van der Waals surface area (Å²) < 4.78 is 0. The van der Waals surface area contributed by atoms with Crippen molar-refractivity contribution in [1.29, 1.82) is 0 Å². The second-order valence-corrected chi connectivity index (χ2v) is 5.58. The lowest BCUT2D eigenvalue weighted by atomic mass is 10.0. The van der Waals surface area contributed by atoms with E-state index in [1.54, 1.807) is 0 Å². The summed E-state index contributed by atoms with van der Waals surface area (Å²) in [6, 6.07) is 0. The predicted octanol–water partition coefficient (Wildman–Crippen LogP) is 2.18. The zero-order valence-electron chi connectivity index (χ0n) is 8.63. The Kier molecular flexibility index (Phi) is 3.15. The lowest BCUT2D eigenvalue weighted by Gasteiger charge is -2.14. The van der Waals surface area contributed by atoms with Gasteiger partial charge in [-0.3, -0.25) is 4.79 Å². The third-order valence-corrected chi connectivity index (χ3v) is 4.61. The topological polar surface area (TPSA) is 29.1 Å². The van der Waals surface area contributed by atoms with E-state index in [1.165, 1.54) is 6.42 Å². The molecule has 0 aromatic heterocycles. The van der Waals surface area contributed by atoms with E-state index in [0.717, 1.165) is 36.6 Å². The molecule has 3 atom stereocenters. The summed E-state index contributed by atoms with van der Waals surface area (Å²) in [6.07, 6.45) is 3.69. The van der Waals surface area contributed by atoms with Gasteiger partial charge in [0.2, 0.25) is 5.91 Å². The molecule has 2 nitrogen and oxygen atoms in total. The van der Waals surface area contributed by atoms with Crippen LogP contribution >= 0.6 is 15.9 Å². The van der Waals surface area contributed by atoms with E-state index in [9.17, 15) is 4.79 Å². The van der Waals surface area contributed by atoms with Gasteiger partial charge in [-0.25, -0.2) is 0 Å². The molecule has 2 aliphatic rings. The molecule has 1 amide bonds. The van der Waals surface area contributed by atoms with E-state index in [0.29, 0.717) is 17.7 Å². The van der Waals surface area contributed by atoms with Crippen LogP contribution in [0.1, 0.15) is 26.2 Å². The minimum Gasteiger partial charge on any atom is -0.356 e. The van der Waals surface area contributed by atoms with Crippen LogP contribution in [-0.2, 0) is 4.79 Å². The number of fused-ring (bicyclic) bond motifs is 1. The number of carbonyl (C=O) groups is 1. The smallest absolute Gasteiger partial charge is 0.223 e. The first-order chi connectivity index (χ1) is 6.70. The Labute approximate surface area is 94.0 Å². The van der Waals surface area contributed by atoms with Crippen LogP contribution < -0.4 is 5.32 Å². The Morgan fingerprint density at radius 2 is 2.07 bits per heavy atom. The number of alkyl halides is 1. The molecule has 0 aromatic carbocycles. The Morgan fingerprint density at radius 3 is 2.64 bits per heavy atom. The summed E-state index contributed by atoms with van der Waals surface area (Å²) in [7, 11) is 0. The Morgan fingerprint density at radius 1 is 1.43 bits per heavy atom. The quantitative estimate of drug-likeness (QED) is 0.771. The first-order valence-corrected chi connectivity index (χ1v) is 6.66. The van der Waals surface area contributed by atoms with E-state index in [2.05, 4.69) is 28.2 Å². The van der Waals surface area contributed by atoms with Gasteiger partial charge in [-0.05, 0) is 37.0 Å². The number of nitrogens with one attached hydrogen (secondary N) is 1. The average Bonchev–Trinajstić information content (AvgIpc) is 2.81. The standard InChI is InChI=1S/C11H18BrNO/c1-7(5-12)6-13-11(14)10-3-8-2-9(8)4-10/h7-10H,2-6H2,1H3,(H,13,14). The first kappa shape index (κ1) is 10.5. The van der Waals surface area contributed by atoms with Crippen molar-refractivity contribution in [2.45, 2.75) is 26.2 Å². The fourth-order valence-electron chi connectivity index (χ4n) is 2.40. The highest BCUT2D eigenvalue weighted by atomic mass is 79.9. The molecule has 80 valence electrons. The highest BCUT2D eigenvalue weighted by molar-refractivity contribution is 9.09. The number of amides is 1. The van der Waals surface area contributed by atoms with Crippen LogP contribution in [0.4, 0.5) is 0 Å². The van der Waals surface area contributed by atoms with Gasteiger partial charge in [-0.15, -0.1) is 0 Å². The van der Waals surface area contributed by atoms with E-state index >= 15 is 0 Å². The summed E-state index contributed by atoms with van der Waals surface area (Å²) in [6.45, 7) is 2.96. The van der Waals surface area contributed by atoms with Gasteiger partial charge < -0.3 is 5.32 Å². The fraction of sp³-hybridized carbons (Fsp3) is 0.909. The van der Waals surface area contributed by atoms with Gasteiger partial charge in [-0.1, -0.05) is 22.9 Å². The number of rotatable bonds is 4. The van der Waals surface area contributed by atoms with Crippen molar-refractivity contribution in [1.82, 2.24) is 5.32 Å². The van der Waals surface area contributed by atoms with Crippen LogP contribution in [0.5, 0.6) is 0 Å². The Hall–Kier alpha value is -0.0500. The van der Waals surface area contributed by atoms with Crippen LogP contribution in [0.15, 0.2) is 0 Å². The van der Waals surface area contributed by atoms with Crippen LogP contribution in [0.3, 0.4) is 0 Å². The van der Waals surface area contributed by atoms with Gasteiger partial charge in [0, 0.05) is 17.8 Å². The lowest BCUT2D eigenvalue weighted by molar-refractivity contribution is -0.125. The van der Waals surface area contributed by atoms with Crippen LogP contribution in [0, 0.1) is 23.7 Å². The minimum absolute atomic E-state index is 0.296. The van der Waals surface area contributed by atoms with E-state index in [1.807, 2.05) is 0 Å². The van der Waals surface area contributed by atoms with Crippen LogP contribution in [0.25, 0.3) is 0 Å². The Balaban J connectivity index is 1.68. The maximum atomic E-state index is 11.7. The van der Waals surface area contributed by atoms with Gasteiger partial charge in [0.25, 0.3) is 0 Å². The third-order valence-electron chi connectivity index (χ3n) is 3.50. The second kappa shape index (κ2) is 4.21. The summed E-state index contributed by atoms with van der Waals surface area (Å²) >= 11 is 3.41. The Bertz CT molecular complexity index is 221. The van der Waals surface area contributed by atoms with Crippen molar-refractivity contribution >= 4 is 21.8 Å². The molecule has 0 radical (unpaired) electrons. The molecule has 3 heteroatoms. The van der Waals surface area contributed by atoms with Gasteiger partial charge in [0.1, 0.15) is 0 Å². The number of carbonyl (C=O) groups excluding carboxylic acids is 1. The SMILES string of the molecule is CC(CBr)CNC(=O)C1CC2CC2C1. The van der Waals surface area contributed by atoms with Crippen LogP contribution in [0.2, 0.25) is 0 Å². The van der Waals surface area contributed by atoms with E-state index < -0.39 is 0 Å². The van der Waals surface area contributed by atoms with Crippen LogP contribution in [-0.4, -0.2) is 17.8 Å². The monoisotopic (exact) mass is 259 g/mol. The molecule has 2 saturated carbocycles. The molecule has 14 heavy (non-hydrogen) atoms. The molecule has 1 N–H and O–H groups in total. The van der Waals surface area contributed by atoms with Gasteiger partial charge >= 0.3 is 0 Å². The molecule has 2 aliphatic carbocycles. The molecule has 0 aliphatic heterocycles. The molecule has 3 unspecified atom stereocenters. The van der Waals surface area contributed by atoms with Gasteiger partial charge in [0.05, 0.1) is 0 Å². The van der Waals surface area contributed by atoms with Crippen molar-refractivity contribution in [3.63, 3.8) is 0 Å². The molecule has 0 saturated heterocycles. The zero-order chi connectivity index (χ0) is 10.1. The molecule has 0 heterocycles. The second-order valence-electron chi connectivity index (χ2n) is 4.93. The largest absolute Gasteiger partial charge is 0.356 e. The molecule has 0 spiro atoms. The predicted molar refractivity (Wildman–Crippen MR) is 60.3 cm³/mol. The molecule has 2 rings (SSSR count). The van der Waals surface area contributed by atoms with Crippen molar-refractivity contribution in [2.75, 3.05) is 11.9 Å². The zero-order valence-corrected chi connectivity index (χ0v) is 10.2. The van der Waals surface area contributed by atoms with Crippen molar-refractivity contribution in [2.24, 2.45) is 23.7 Å². The van der Waals surface area contributed by atoms with Gasteiger partial charge in [-0.2, -0.15) is 0 Å². The highest BCUT2D eigenvalue weighted by Crippen LogP contribution is 2.54. The highest BCUT2D eigenvalue weighted by Gasteiger charge is 2.47. The number of hydrogen-bond acceptors (Lipinski definition) is 1. The maximum absolute atomic E-state index is 11.7. The lowest BCUT2D eigenvalue weighted by Crippen LogP contribution is -2.33. The first-order valence-electron chi connectivity index (χ1n) is 5.54. The van der Waals surface area contributed by atoms with Crippen molar-refractivity contribution < 1.29 is 4.79 Å². The molecular weight excluding hydrogens is 242 g/mol. The average molecular weight is 260 g/mol. The summed E-state index contributed by atoms with van der Waals surface area (Å²) in [5, 5.41) is 4.01. The molecule has 2 fully saturated rings. The summed E-state index contributed by atoms with van der Waals surface area (Å²) in [5.74, 6) is 2.97. The maximum Gasteiger partial charge on any atom is 0.223 e. The van der Waals surface area contributed by atoms with E-state index in [-0.39, 0.29) is 0 Å². The minimum atomic E-state index is 0.296. The fourth-order valence-corrected chi connectivity index (χ4v) is 2.63. The number of hydrogen-bond donors (Lipinski definition) is 1. The van der Waals surface area contributed by atoms with Crippen molar-refractivity contribution in [3.05, 3.63) is 0 Å². The van der Waals surface area contributed by atoms with Gasteiger partial charge in [0.15, 0.2) is 0 Å². The summed E-state index contributed by atoms with van der Waals surface area (Å²) in [5.41, 5.74) is 0. The van der Waals surface area contributed by atoms with E-state index in [4.69, 9.17) is 0 Å². The van der Waals surface area contributed by atoms with Crippen molar-refractivity contribution in [3.8, 4) is 0 Å². The molecular formula is C11H18BrNO. The summed E-state index contributed by atoms with van der Waals surface area (Å²) in [4.78, 5) is 11.7. The molecule has 0 aromatic rings. The third kappa shape index (κ3) is 2.30. The normalized spacial score (nSPS) is 36.3. The number of halogens is 1. The molecule has 0 bridgehead atoms.